The summed E-state index contributed by atoms with van der Waals surface area (Å²) in [7, 11) is 0. The molecule has 0 amide bonds. The van der Waals surface area contributed by atoms with Crippen molar-refractivity contribution in [3.8, 4) is 11.1 Å². The molecule has 4 heteroatoms. The van der Waals surface area contributed by atoms with E-state index in [0.29, 0.717) is 0 Å². The van der Waals surface area contributed by atoms with Gasteiger partial charge in [0, 0.05) is 17.0 Å². The molecule has 1 aromatic heterocycles. The molecule has 0 spiro atoms. The van der Waals surface area contributed by atoms with Gasteiger partial charge in [0.25, 0.3) is 0 Å². The maximum atomic E-state index is 5.77. The lowest BCUT2D eigenvalue weighted by Crippen LogP contribution is -1.94. The SMILES string of the molecule is Cc1nn(SCc2ccccc2)c(C)c1-c1ccc(N)cc1. The monoisotopic (exact) mass is 309 g/mol. The van der Waals surface area contributed by atoms with Crippen LogP contribution in [0.4, 0.5) is 5.69 Å². The fourth-order valence-electron chi connectivity index (χ4n) is 2.52. The fraction of sp³-hybridized carbons (Fsp3) is 0.167. The second-order valence-corrected chi connectivity index (χ2v) is 6.19. The molecule has 2 aromatic carbocycles. The molecule has 0 radical (unpaired) electrons. The quantitative estimate of drug-likeness (QED) is 0.724. The number of nitrogen functional groups attached to an aromatic ring is 1. The topological polar surface area (TPSA) is 43.8 Å². The van der Waals surface area contributed by atoms with Crippen LogP contribution in [0.2, 0.25) is 0 Å². The predicted molar refractivity (Wildman–Crippen MR) is 94.7 cm³/mol. The highest BCUT2D eigenvalue weighted by Crippen LogP contribution is 2.30. The highest BCUT2D eigenvalue weighted by Gasteiger charge is 2.13. The first-order chi connectivity index (χ1) is 10.6. The smallest absolute Gasteiger partial charge is 0.0685 e. The minimum absolute atomic E-state index is 0.782. The minimum Gasteiger partial charge on any atom is -0.399 e. The maximum absolute atomic E-state index is 5.77. The van der Waals surface area contributed by atoms with E-state index in [4.69, 9.17) is 5.73 Å². The molecule has 3 aromatic rings. The summed E-state index contributed by atoms with van der Waals surface area (Å²) in [4.78, 5) is 0. The minimum atomic E-state index is 0.782. The molecule has 22 heavy (non-hydrogen) atoms. The zero-order chi connectivity index (χ0) is 15.5. The third-order valence-electron chi connectivity index (χ3n) is 3.65. The van der Waals surface area contributed by atoms with Gasteiger partial charge >= 0.3 is 0 Å². The van der Waals surface area contributed by atoms with Crippen LogP contribution in [0.3, 0.4) is 0 Å². The second-order valence-electron chi connectivity index (χ2n) is 5.30. The Bertz CT molecular complexity index is 761. The van der Waals surface area contributed by atoms with E-state index in [2.05, 4.69) is 55.3 Å². The van der Waals surface area contributed by atoms with Gasteiger partial charge in [-0.15, -0.1) is 0 Å². The van der Waals surface area contributed by atoms with E-state index < -0.39 is 0 Å². The van der Waals surface area contributed by atoms with Gasteiger partial charge in [0.2, 0.25) is 0 Å². The standard InChI is InChI=1S/C18H19N3S/c1-13-18(16-8-10-17(19)11-9-16)14(2)21(20-13)22-12-15-6-4-3-5-7-15/h3-11H,12,19H2,1-2H3. The van der Waals surface area contributed by atoms with Gasteiger partial charge in [-0.3, -0.25) is 0 Å². The third-order valence-corrected chi connectivity index (χ3v) is 4.71. The van der Waals surface area contributed by atoms with Crippen LogP contribution in [-0.4, -0.2) is 9.19 Å². The van der Waals surface area contributed by atoms with Crippen LogP contribution in [-0.2, 0) is 5.75 Å². The molecule has 0 aliphatic rings. The normalized spacial score (nSPS) is 10.8. The number of rotatable bonds is 4. The van der Waals surface area contributed by atoms with E-state index in [0.717, 1.165) is 22.7 Å². The van der Waals surface area contributed by atoms with Gasteiger partial charge in [-0.05, 0) is 49.1 Å². The average Bonchev–Trinajstić information content (AvgIpc) is 2.82. The van der Waals surface area contributed by atoms with Gasteiger partial charge in [-0.2, -0.15) is 5.10 Å². The summed E-state index contributed by atoms with van der Waals surface area (Å²) in [5.41, 5.74) is 12.4. The zero-order valence-corrected chi connectivity index (χ0v) is 13.6. The molecule has 0 unspecified atom stereocenters. The molecular formula is C18H19N3S. The molecule has 0 aliphatic carbocycles. The number of hydrogen-bond donors (Lipinski definition) is 1. The fourth-order valence-corrected chi connectivity index (χ4v) is 3.45. The Morgan fingerprint density at radius 1 is 1.00 bits per heavy atom. The van der Waals surface area contributed by atoms with Crippen LogP contribution >= 0.6 is 11.9 Å². The van der Waals surface area contributed by atoms with Gasteiger partial charge in [0.15, 0.2) is 0 Å². The first-order valence-electron chi connectivity index (χ1n) is 7.24. The highest BCUT2D eigenvalue weighted by molar-refractivity contribution is 7.96. The predicted octanol–water partition coefficient (Wildman–Crippen LogP) is 4.45. The number of anilines is 1. The Labute approximate surface area is 135 Å². The number of hydrogen-bond acceptors (Lipinski definition) is 3. The summed E-state index contributed by atoms with van der Waals surface area (Å²) in [5.74, 6) is 0.907. The Morgan fingerprint density at radius 3 is 2.36 bits per heavy atom. The van der Waals surface area contributed by atoms with Crippen LogP contribution in [0.15, 0.2) is 54.6 Å². The summed E-state index contributed by atoms with van der Waals surface area (Å²) in [6, 6.07) is 18.4. The molecule has 0 saturated heterocycles. The van der Waals surface area contributed by atoms with E-state index in [-0.39, 0.29) is 0 Å². The van der Waals surface area contributed by atoms with Crippen LogP contribution in [0.25, 0.3) is 11.1 Å². The van der Waals surface area contributed by atoms with Gasteiger partial charge in [0.1, 0.15) is 0 Å². The van der Waals surface area contributed by atoms with Gasteiger partial charge in [0.05, 0.1) is 11.4 Å². The Hall–Kier alpha value is -2.20. The molecule has 0 aliphatic heterocycles. The van der Waals surface area contributed by atoms with Crippen molar-refractivity contribution < 1.29 is 0 Å². The Kier molecular flexibility index (Phi) is 4.20. The molecule has 0 bridgehead atoms. The summed E-state index contributed by atoms with van der Waals surface area (Å²) < 4.78 is 2.02. The van der Waals surface area contributed by atoms with Gasteiger partial charge in [-0.25, -0.2) is 4.09 Å². The van der Waals surface area contributed by atoms with Crippen LogP contribution < -0.4 is 5.73 Å². The summed E-state index contributed by atoms with van der Waals surface area (Å²) in [6.45, 7) is 4.17. The average molecular weight is 309 g/mol. The third kappa shape index (κ3) is 3.02. The molecule has 112 valence electrons. The molecule has 3 rings (SSSR count). The second kappa shape index (κ2) is 6.28. The number of nitrogens with two attached hydrogens (primary N) is 1. The highest BCUT2D eigenvalue weighted by atomic mass is 32.2. The molecule has 0 saturated carbocycles. The Balaban J connectivity index is 1.85. The number of aryl methyl sites for hydroxylation is 1. The molecule has 0 fully saturated rings. The lowest BCUT2D eigenvalue weighted by atomic mass is 10.0. The van der Waals surface area contributed by atoms with Crippen molar-refractivity contribution in [2.75, 3.05) is 5.73 Å². The van der Waals surface area contributed by atoms with Crippen LogP contribution in [0.5, 0.6) is 0 Å². The van der Waals surface area contributed by atoms with Crippen molar-refractivity contribution in [1.29, 1.82) is 0 Å². The summed E-state index contributed by atoms with van der Waals surface area (Å²) in [6.07, 6.45) is 0. The molecule has 3 nitrogen and oxygen atoms in total. The van der Waals surface area contributed by atoms with Gasteiger partial charge < -0.3 is 5.73 Å². The van der Waals surface area contributed by atoms with Crippen molar-refractivity contribution in [2.24, 2.45) is 0 Å². The van der Waals surface area contributed by atoms with Crippen LogP contribution in [0, 0.1) is 13.8 Å². The summed E-state index contributed by atoms with van der Waals surface area (Å²) >= 11 is 1.71. The number of nitrogens with zero attached hydrogens (tertiary/aromatic N) is 2. The van der Waals surface area contributed by atoms with E-state index in [1.165, 1.54) is 16.8 Å². The first kappa shape index (κ1) is 14.7. The molecule has 0 atom stereocenters. The number of benzene rings is 2. The lowest BCUT2D eigenvalue weighted by Gasteiger charge is -2.05. The maximum Gasteiger partial charge on any atom is 0.0685 e. The van der Waals surface area contributed by atoms with E-state index in [9.17, 15) is 0 Å². The molecule has 2 N–H and O–H groups in total. The van der Waals surface area contributed by atoms with Crippen molar-refractivity contribution >= 4 is 17.6 Å². The van der Waals surface area contributed by atoms with E-state index in [1.54, 1.807) is 11.9 Å². The zero-order valence-electron chi connectivity index (χ0n) is 12.8. The summed E-state index contributed by atoms with van der Waals surface area (Å²) in [5, 5.41) is 4.67. The van der Waals surface area contributed by atoms with Crippen molar-refractivity contribution in [3.63, 3.8) is 0 Å². The number of aromatic nitrogens is 2. The lowest BCUT2D eigenvalue weighted by molar-refractivity contribution is 0.944. The van der Waals surface area contributed by atoms with Gasteiger partial charge in [-0.1, -0.05) is 42.5 Å². The van der Waals surface area contributed by atoms with E-state index in [1.807, 2.05) is 22.3 Å². The molecule has 1 heterocycles. The Morgan fingerprint density at radius 2 is 1.68 bits per heavy atom. The molecular weight excluding hydrogens is 290 g/mol. The van der Waals surface area contributed by atoms with Crippen molar-refractivity contribution in [3.05, 3.63) is 71.5 Å². The van der Waals surface area contributed by atoms with E-state index >= 15 is 0 Å². The van der Waals surface area contributed by atoms with Crippen molar-refractivity contribution in [2.45, 2.75) is 19.6 Å². The first-order valence-corrected chi connectivity index (χ1v) is 8.19. The van der Waals surface area contributed by atoms with Crippen molar-refractivity contribution in [1.82, 2.24) is 9.19 Å². The largest absolute Gasteiger partial charge is 0.399 e. The van der Waals surface area contributed by atoms with Crippen LogP contribution in [0.1, 0.15) is 17.0 Å².